The van der Waals surface area contributed by atoms with Gasteiger partial charge in [0.05, 0.1) is 22.8 Å². The van der Waals surface area contributed by atoms with Gasteiger partial charge in [0.1, 0.15) is 5.75 Å². The monoisotopic (exact) mass is 460 g/mol. The Kier molecular flexibility index (Phi) is 5.50. The number of rotatable bonds is 4. The molecule has 0 radical (unpaired) electrons. The second-order valence-electron chi connectivity index (χ2n) is 5.21. The largest absolute Gasteiger partial charge is 0.495 e. The first-order valence-corrected chi connectivity index (χ1v) is 9.03. The number of para-hydroxylation sites is 1. The summed E-state index contributed by atoms with van der Waals surface area (Å²) in [6, 6.07) is 13.3. The van der Waals surface area contributed by atoms with Gasteiger partial charge in [-0.15, -0.1) is 0 Å². The number of methoxy groups -OCH3 is 1. The first-order chi connectivity index (χ1) is 12.1. The van der Waals surface area contributed by atoms with E-state index < -0.39 is 0 Å². The summed E-state index contributed by atoms with van der Waals surface area (Å²) in [4.78, 5) is 16.6. The summed E-state index contributed by atoms with van der Waals surface area (Å²) in [5.41, 5.74) is 2.22. The maximum absolute atomic E-state index is 12.3. The smallest absolute Gasteiger partial charge is 0.248 e. The van der Waals surface area contributed by atoms with E-state index in [9.17, 15) is 4.79 Å². The number of nitrogens with one attached hydrogen (secondary N) is 1. The lowest BCUT2D eigenvalue weighted by Crippen LogP contribution is -2.08. The van der Waals surface area contributed by atoms with Crippen LogP contribution in [0.3, 0.4) is 0 Å². The Labute approximate surface area is 162 Å². The zero-order valence-electron chi connectivity index (χ0n) is 13.3. The molecule has 3 aromatic rings. The fourth-order valence-corrected chi connectivity index (χ4v) is 3.88. The van der Waals surface area contributed by atoms with Crippen LogP contribution in [0.4, 0.5) is 5.69 Å². The van der Waals surface area contributed by atoms with Crippen LogP contribution in [-0.4, -0.2) is 18.0 Å². The standard InChI is InChI=1S/C19H14Br2N2O2/c1-25-19-13(10-14(20)11-15(19)21)7-8-17(24)23-16-6-2-4-12-5-3-9-22-18(12)16/h2-11H,1H3,(H,23,24). The van der Waals surface area contributed by atoms with Crippen molar-refractivity contribution in [2.75, 3.05) is 12.4 Å². The van der Waals surface area contributed by atoms with Crippen molar-refractivity contribution >= 4 is 60.4 Å². The molecule has 0 aliphatic rings. The molecule has 0 bridgehead atoms. The Morgan fingerprint density at radius 2 is 2.00 bits per heavy atom. The van der Waals surface area contributed by atoms with E-state index in [2.05, 4.69) is 42.2 Å². The lowest BCUT2D eigenvalue weighted by molar-refractivity contribution is -0.111. The molecule has 0 spiro atoms. The number of ether oxygens (including phenoxy) is 1. The molecule has 4 nitrogen and oxygen atoms in total. The highest BCUT2D eigenvalue weighted by Gasteiger charge is 2.08. The van der Waals surface area contributed by atoms with E-state index >= 15 is 0 Å². The first-order valence-electron chi connectivity index (χ1n) is 7.44. The zero-order chi connectivity index (χ0) is 17.8. The van der Waals surface area contributed by atoms with Gasteiger partial charge >= 0.3 is 0 Å². The van der Waals surface area contributed by atoms with Gasteiger partial charge in [-0.05, 0) is 46.3 Å². The van der Waals surface area contributed by atoms with Gasteiger partial charge in [-0.25, -0.2) is 0 Å². The molecule has 0 fully saturated rings. The van der Waals surface area contributed by atoms with E-state index in [0.29, 0.717) is 11.4 Å². The third-order valence-corrected chi connectivity index (χ3v) is 4.59. The van der Waals surface area contributed by atoms with Crippen molar-refractivity contribution in [1.29, 1.82) is 0 Å². The minimum absolute atomic E-state index is 0.240. The average molecular weight is 462 g/mol. The molecule has 2 aromatic carbocycles. The highest BCUT2D eigenvalue weighted by molar-refractivity contribution is 9.11. The molecule has 1 heterocycles. The Hall–Kier alpha value is -2.18. The van der Waals surface area contributed by atoms with Gasteiger partial charge in [0.15, 0.2) is 0 Å². The molecule has 6 heteroatoms. The second kappa shape index (κ2) is 7.80. The number of hydrogen-bond donors (Lipinski definition) is 1. The van der Waals surface area contributed by atoms with Gasteiger partial charge in [-0.3, -0.25) is 9.78 Å². The molecule has 0 unspecified atom stereocenters. The summed E-state index contributed by atoms with van der Waals surface area (Å²) in [6.07, 6.45) is 4.89. The van der Waals surface area contributed by atoms with E-state index in [4.69, 9.17) is 4.74 Å². The summed E-state index contributed by atoms with van der Waals surface area (Å²) in [5.74, 6) is 0.426. The van der Waals surface area contributed by atoms with Crippen LogP contribution in [-0.2, 0) is 4.79 Å². The lowest BCUT2D eigenvalue weighted by atomic mass is 10.1. The van der Waals surface area contributed by atoms with Crippen molar-refractivity contribution in [3.05, 3.63) is 69.2 Å². The number of nitrogens with zero attached hydrogens (tertiary/aromatic N) is 1. The summed E-state index contributed by atoms with van der Waals surface area (Å²) in [7, 11) is 1.59. The van der Waals surface area contributed by atoms with Crippen molar-refractivity contribution in [3.8, 4) is 5.75 Å². The number of fused-ring (bicyclic) bond motifs is 1. The van der Waals surface area contributed by atoms with Crippen LogP contribution in [0.1, 0.15) is 5.56 Å². The zero-order valence-corrected chi connectivity index (χ0v) is 16.5. The Bertz CT molecular complexity index is 966. The van der Waals surface area contributed by atoms with Crippen molar-refractivity contribution < 1.29 is 9.53 Å². The molecule has 0 atom stereocenters. The van der Waals surface area contributed by atoms with E-state index in [1.807, 2.05) is 42.5 Å². The van der Waals surface area contributed by atoms with Crippen molar-refractivity contribution in [2.24, 2.45) is 0 Å². The molecule has 0 aliphatic heterocycles. The number of halogens is 2. The molecule has 0 saturated carbocycles. The number of aromatic nitrogens is 1. The third kappa shape index (κ3) is 4.08. The number of hydrogen-bond acceptors (Lipinski definition) is 3. The summed E-state index contributed by atoms with van der Waals surface area (Å²) >= 11 is 6.88. The lowest BCUT2D eigenvalue weighted by Gasteiger charge is -2.08. The predicted octanol–water partition coefficient (Wildman–Crippen LogP) is 5.42. The van der Waals surface area contributed by atoms with Gasteiger partial charge in [0, 0.05) is 27.7 Å². The molecule has 1 aromatic heterocycles. The Morgan fingerprint density at radius 1 is 1.20 bits per heavy atom. The number of carbonyl (C=O) groups is 1. The average Bonchev–Trinajstić information content (AvgIpc) is 2.60. The fraction of sp³-hybridized carbons (Fsp3) is 0.0526. The summed E-state index contributed by atoms with van der Waals surface area (Å²) < 4.78 is 7.07. The molecule has 0 saturated heterocycles. The number of benzene rings is 2. The number of carbonyl (C=O) groups excluding carboxylic acids is 1. The molecular weight excluding hydrogens is 448 g/mol. The molecule has 1 N–H and O–H groups in total. The Morgan fingerprint density at radius 3 is 2.80 bits per heavy atom. The van der Waals surface area contributed by atoms with Crippen LogP contribution in [0.25, 0.3) is 17.0 Å². The predicted molar refractivity (Wildman–Crippen MR) is 108 cm³/mol. The topological polar surface area (TPSA) is 51.2 Å². The normalized spacial score (nSPS) is 11.0. The van der Waals surface area contributed by atoms with Crippen LogP contribution < -0.4 is 10.1 Å². The van der Waals surface area contributed by atoms with Gasteiger partial charge in [-0.2, -0.15) is 0 Å². The molecular formula is C19H14Br2N2O2. The van der Waals surface area contributed by atoms with Crippen molar-refractivity contribution in [2.45, 2.75) is 0 Å². The third-order valence-electron chi connectivity index (χ3n) is 3.55. The van der Waals surface area contributed by atoms with Crippen LogP contribution in [0, 0.1) is 0 Å². The van der Waals surface area contributed by atoms with Crippen LogP contribution in [0.15, 0.2) is 63.7 Å². The van der Waals surface area contributed by atoms with Crippen molar-refractivity contribution in [3.63, 3.8) is 0 Å². The van der Waals surface area contributed by atoms with Gasteiger partial charge in [0.2, 0.25) is 5.91 Å². The van der Waals surface area contributed by atoms with E-state index in [1.54, 1.807) is 19.4 Å². The van der Waals surface area contributed by atoms with Crippen molar-refractivity contribution in [1.82, 2.24) is 4.98 Å². The number of amides is 1. The first kappa shape index (κ1) is 17.6. The fourth-order valence-electron chi connectivity index (χ4n) is 2.46. The maximum atomic E-state index is 12.3. The van der Waals surface area contributed by atoms with Gasteiger partial charge in [-0.1, -0.05) is 34.1 Å². The van der Waals surface area contributed by atoms with Crippen LogP contribution >= 0.6 is 31.9 Å². The van der Waals surface area contributed by atoms with E-state index in [1.165, 1.54) is 6.08 Å². The highest BCUT2D eigenvalue weighted by Crippen LogP contribution is 2.33. The molecule has 25 heavy (non-hydrogen) atoms. The molecule has 1 amide bonds. The van der Waals surface area contributed by atoms with Crippen LogP contribution in [0.5, 0.6) is 5.75 Å². The quantitative estimate of drug-likeness (QED) is 0.527. The Balaban J connectivity index is 1.84. The highest BCUT2D eigenvalue weighted by atomic mass is 79.9. The maximum Gasteiger partial charge on any atom is 0.248 e. The van der Waals surface area contributed by atoms with Gasteiger partial charge < -0.3 is 10.1 Å². The molecule has 126 valence electrons. The van der Waals surface area contributed by atoms with E-state index in [0.717, 1.165) is 25.4 Å². The van der Waals surface area contributed by atoms with E-state index in [-0.39, 0.29) is 5.91 Å². The van der Waals surface area contributed by atoms with Crippen LogP contribution in [0.2, 0.25) is 0 Å². The number of anilines is 1. The SMILES string of the molecule is COc1c(Br)cc(Br)cc1C=CC(=O)Nc1cccc2cccnc12. The molecule has 0 aliphatic carbocycles. The van der Waals surface area contributed by atoms with Gasteiger partial charge in [0.25, 0.3) is 0 Å². The summed E-state index contributed by atoms with van der Waals surface area (Å²) in [6.45, 7) is 0. The molecule has 3 rings (SSSR count). The minimum atomic E-state index is -0.240. The summed E-state index contributed by atoms with van der Waals surface area (Å²) in [5, 5.41) is 3.84. The number of pyridine rings is 1. The minimum Gasteiger partial charge on any atom is -0.495 e. The second-order valence-corrected chi connectivity index (χ2v) is 6.98.